The minimum atomic E-state index is -0.991. The Morgan fingerprint density at radius 3 is 2.50 bits per heavy atom. The molecular weight excluding hydrogens is 204 g/mol. The highest BCUT2D eigenvalue weighted by Gasteiger charge is 2.35. The van der Waals surface area contributed by atoms with Gasteiger partial charge in [-0.1, -0.05) is 12.8 Å². The van der Waals surface area contributed by atoms with E-state index in [0.717, 1.165) is 25.7 Å². The molecule has 0 aromatic carbocycles. The fraction of sp³-hybridized carbons (Fsp3) is 0.833. The molecule has 0 radical (unpaired) electrons. The molecule has 2 N–H and O–H groups in total. The van der Waals surface area contributed by atoms with Crippen molar-refractivity contribution in [3.63, 3.8) is 0 Å². The van der Waals surface area contributed by atoms with Crippen LogP contribution in [-0.4, -0.2) is 24.2 Å². The summed E-state index contributed by atoms with van der Waals surface area (Å²) in [5, 5.41) is 21.0. The molecule has 0 aliphatic heterocycles. The van der Waals surface area contributed by atoms with E-state index in [2.05, 4.69) is 5.32 Å². The maximum absolute atomic E-state index is 11.7. The van der Waals surface area contributed by atoms with Crippen LogP contribution in [0.15, 0.2) is 0 Å². The summed E-state index contributed by atoms with van der Waals surface area (Å²) in [5.74, 6) is -0.255. The van der Waals surface area contributed by atoms with Gasteiger partial charge in [-0.15, -0.1) is 0 Å². The topological polar surface area (TPSA) is 73.1 Å². The average Bonchev–Trinajstić information content (AvgIpc) is 2.75. The molecule has 0 saturated heterocycles. The van der Waals surface area contributed by atoms with Gasteiger partial charge in [0.15, 0.2) is 0 Å². The van der Waals surface area contributed by atoms with Crippen molar-refractivity contribution < 1.29 is 9.90 Å². The molecule has 0 spiro atoms. The van der Waals surface area contributed by atoms with Crippen molar-refractivity contribution in [1.82, 2.24) is 5.32 Å². The molecule has 0 aromatic rings. The summed E-state index contributed by atoms with van der Waals surface area (Å²) in [6.45, 7) is 3.79. The monoisotopic (exact) mass is 224 g/mol. The second kappa shape index (κ2) is 4.84. The molecule has 4 nitrogen and oxygen atoms in total. The summed E-state index contributed by atoms with van der Waals surface area (Å²) in [6.07, 6.45) is 4.13. The van der Waals surface area contributed by atoms with Crippen LogP contribution < -0.4 is 5.32 Å². The highest BCUT2D eigenvalue weighted by molar-refractivity contribution is 5.84. The molecule has 1 aliphatic carbocycles. The minimum absolute atomic E-state index is 0.111. The number of hydrogen-bond acceptors (Lipinski definition) is 3. The van der Waals surface area contributed by atoms with Crippen molar-refractivity contribution in [3.05, 3.63) is 0 Å². The SMILES string of the molecule is CC(C)(C#N)C(=O)NCC1(CO)CCCC1. The first-order valence-corrected chi connectivity index (χ1v) is 5.76. The summed E-state index contributed by atoms with van der Waals surface area (Å²) in [4.78, 5) is 11.7. The van der Waals surface area contributed by atoms with Crippen LogP contribution in [-0.2, 0) is 4.79 Å². The van der Waals surface area contributed by atoms with Crippen LogP contribution in [0.25, 0.3) is 0 Å². The van der Waals surface area contributed by atoms with Gasteiger partial charge in [0.2, 0.25) is 5.91 Å². The Hall–Kier alpha value is -1.08. The van der Waals surface area contributed by atoms with E-state index in [1.807, 2.05) is 6.07 Å². The van der Waals surface area contributed by atoms with Gasteiger partial charge in [-0.2, -0.15) is 5.26 Å². The number of aliphatic hydroxyl groups excluding tert-OH is 1. The average molecular weight is 224 g/mol. The van der Waals surface area contributed by atoms with Crippen molar-refractivity contribution in [1.29, 1.82) is 5.26 Å². The van der Waals surface area contributed by atoms with E-state index in [9.17, 15) is 9.90 Å². The van der Waals surface area contributed by atoms with Crippen LogP contribution in [0, 0.1) is 22.2 Å². The molecule has 16 heavy (non-hydrogen) atoms. The van der Waals surface area contributed by atoms with Gasteiger partial charge in [0.25, 0.3) is 0 Å². The number of amides is 1. The lowest BCUT2D eigenvalue weighted by atomic mass is 9.86. The molecule has 0 unspecified atom stereocenters. The molecule has 4 heteroatoms. The number of nitrogens with zero attached hydrogens (tertiary/aromatic N) is 1. The Morgan fingerprint density at radius 2 is 2.06 bits per heavy atom. The molecule has 1 fully saturated rings. The third-order valence-corrected chi connectivity index (χ3v) is 3.47. The van der Waals surface area contributed by atoms with E-state index in [4.69, 9.17) is 5.26 Å². The lowest BCUT2D eigenvalue weighted by Gasteiger charge is -2.28. The highest BCUT2D eigenvalue weighted by Crippen LogP contribution is 2.37. The van der Waals surface area contributed by atoms with Gasteiger partial charge >= 0.3 is 0 Å². The lowest BCUT2D eigenvalue weighted by Crippen LogP contribution is -2.43. The second-order valence-corrected chi connectivity index (χ2v) is 5.28. The Kier molecular flexibility index (Phi) is 3.93. The molecule has 90 valence electrons. The highest BCUT2D eigenvalue weighted by atomic mass is 16.3. The normalized spacial score (nSPS) is 19.1. The van der Waals surface area contributed by atoms with Gasteiger partial charge in [-0.3, -0.25) is 4.79 Å². The van der Waals surface area contributed by atoms with Crippen LogP contribution in [0.1, 0.15) is 39.5 Å². The molecule has 1 aliphatic rings. The summed E-state index contributed by atoms with van der Waals surface area (Å²) < 4.78 is 0. The van der Waals surface area contributed by atoms with Crippen LogP contribution in [0.5, 0.6) is 0 Å². The standard InChI is InChI=1S/C12H20N2O2/c1-11(2,7-13)10(16)14-8-12(9-15)5-3-4-6-12/h15H,3-6,8-9H2,1-2H3,(H,14,16). The summed E-state index contributed by atoms with van der Waals surface area (Å²) in [5.41, 5.74) is -1.14. The molecule has 0 atom stereocenters. The van der Waals surface area contributed by atoms with Crippen molar-refractivity contribution in [2.45, 2.75) is 39.5 Å². The minimum Gasteiger partial charge on any atom is -0.396 e. The zero-order chi connectivity index (χ0) is 12.2. The number of hydrogen-bond donors (Lipinski definition) is 2. The van der Waals surface area contributed by atoms with Crippen molar-refractivity contribution in [2.24, 2.45) is 10.8 Å². The van der Waals surface area contributed by atoms with Gasteiger partial charge in [-0.05, 0) is 26.7 Å². The maximum Gasteiger partial charge on any atom is 0.239 e. The van der Waals surface area contributed by atoms with Gasteiger partial charge < -0.3 is 10.4 Å². The fourth-order valence-corrected chi connectivity index (χ4v) is 2.06. The predicted octanol–water partition coefficient (Wildman–Crippen LogP) is 1.21. The quantitative estimate of drug-likeness (QED) is 0.753. The van der Waals surface area contributed by atoms with Crippen molar-refractivity contribution in [2.75, 3.05) is 13.2 Å². The fourth-order valence-electron chi connectivity index (χ4n) is 2.06. The number of nitriles is 1. The molecule has 0 bridgehead atoms. The molecule has 1 saturated carbocycles. The van der Waals surface area contributed by atoms with E-state index in [1.165, 1.54) is 0 Å². The Morgan fingerprint density at radius 1 is 1.50 bits per heavy atom. The van der Waals surface area contributed by atoms with E-state index >= 15 is 0 Å². The summed E-state index contributed by atoms with van der Waals surface area (Å²) in [7, 11) is 0. The van der Waals surface area contributed by atoms with Crippen LogP contribution in [0.3, 0.4) is 0 Å². The summed E-state index contributed by atoms with van der Waals surface area (Å²) >= 11 is 0. The van der Waals surface area contributed by atoms with Gasteiger partial charge in [0.1, 0.15) is 5.41 Å². The smallest absolute Gasteiger partial charge is 0.239 e. The number of aliphatic hydroxyl groups is 1. The number of nitrogens with one attached hydrogen (secondary N) is 1. The first kappa shape index (κ1) is 13.0. The molecule has 0 aromatic heterocycles. The Labute approximate surface area is 96.6 Å². The third kappa shape index (κ3) is 2.73. The van der Waals surface area contributed by atoms with Crippen molar-refractivity contribution in [3.8, 4) is 6.07 Å². The largest absolute Gasteiger partial charge is 0.396 e. The van der Waals surface area contributed by atoms with Gasteiger partial charge in [0, 0.05) is 12.0 Å². The van der Waals surface area contributed by atoms with Crippen LogP contribution in [0.4, 0.5) is 0 Å². The van der Waals surface area contributed by atoms with Gasteiger partial charge in [-0.25, -0.2) is 0 Å². The zero-order valence-electron chi connectivity index (χ0n) is 10.0. The molecule has 1 rings (SSSR count). The first-order valence-electron chi connectivity index (χ1n) is 5.76. The lowest BCUT2D eigenvalue weighted by molar-refractivity contribution is -0.127. The first-order chi connectivity index (χ1) is 7.46. The van der Waals surface area contributed by atoms with E-state index in [0.29, 0.717) is 6.54 Å². The van der Waals surface area contributed by atoms with Gasteiger partial charge in [0.05, 0.1) is 12.7 Å². The molecule has 1 amide bonds. The van der Waals surface area contributed by atoms with Crippen molar-refractivity contribution >= 4 is 5.91 Å². The number of rotatable bonds is 4. The molecule has 0 heterocycles. The van der Waals surface area contributed by atoms with E-state index < -0.39 is 5.41 Å². The third-order valence-electron chi connectivity index (χ3n) is 3.47. The Bertz CT molecular complexity index is 299. The maximum atomic E-state index is 11.7. The molecular formula is C12H20N2O2. The number of carbonyl (C=O) groups excluding carboxylic acids is 1. The van der Waals surface area contributed by atoms with E-state index in [1.54, 1.807) is 13.8 Å². The van der Waals surface area contributed by atoms with Crippen LogP contribution >= 0.6 is 0 Å². The predicted molar refractivity (Wildman–Crippen MR) is 60.4 cm³/mol. The zero-order valence-corrected chi connectivity index (χ0v) is 10.0. The second-order valence-electron chi connectivity index (χ2n) is 5.28. The summed E-state index contributed by atoms with van der Waals surface area (Å²) in [6, 6.07) is 1.97. The van der Waals surface area contributed by atoms with E-state index in [-0.39, 0.29) is 17.9 Å². The Balaban J connectivity index is 2.51. The van der Waals surface area contributed by atoms with Crippen LogP contribution in [0.2, 0.25) is 0 Å². The number of carbonyl (C=O) groups is 1.